The van der Waals surface area contributed by atoms with Crippen LogP contribution in [0.25, 0.3) is 10.8 Å². The molecule has 0 radical (unpaired) electrons. The van der Waals surface area contributed by atoms with Gasteiger partial charge in [-0.15, -0.1) is 21.5 Å². The number of hydrogen-bond acceptors (Lipinski definition) is 6. The average Bonchev–Trinajstić information content (AvgIpc) is 3.34. The second kappa shape index (κ2) is 6.70. The van der Waals surface area contributed by atoms with Crippen molar-refractivity contribution in [2.24, 2.45) is 0 Å². The topological polar surface area (TPSA) is 76.3 Å². The van der Waals surface area contributed by atoms with Crippen LogP contribution in [0.3, 0.4) is 0 Å². The Kier molecular flexibility index (Phi) is 4.41. The molecule has 1 aliphatic heterocycles. The van der Waals surface area contributed by atoms with Crippen molar-refractivity contribution in [2.75, 3.05) is 6.54 Å². The van der Waals surface area contributed by atoms with E-state index in [-0.39, 0.29) is 0 Å². The maximum atomic E-state index is 13.0. The molecule has 2 aromatic heterocycles. The van der Waals surface area contributed by atoms with E-state index in [0.29, 0.717) is 29.6 Å². The van der Waals surface area contributed by atoms with Crippen molar-refractivity contribution >= 4 is 21.4 Å². The van der Waals surface area contributed by atoms with Gasteiger partial charge in [-0.3, -0.25) is 0 Å². The third kappa shape index (κ3) is 3.12. The highest BCUT2D eigenvalue weighted by Gasteiger charge is 2.37. The van der Waals surface area contributed by atoms with Crippen LogP contribution < -0.4 is 0 Å². The van der Waals surface area contributed by atoms with Crippen molar-refractivity contribution in [1.29, 1.82) is 0 Å². The van der Waals surface area contributed by atoms with Crippen LogP contribution in [0.1, 0.15) is 31.2 Å². The Morgan fingerprint density at radius 1 is 1.08 bits per heavy atom. The fourth-order valence-electron chi connectivity index (χ4n) is 3.04. The van der Waals surface area contributed by atoms with E-state index in [4.69, 9.17) is 4.42 Å². The SMILES string of the molecule is O=S(=O)(c1ccccc1)N1CCCCC1c1nnc(-c2cccs2)o1. The van der Waals surface area contributed by atoms with E-state index in [2.05, 4.69) is 10.2 Å². The normalized spacial score (nSPS) is 19.1. The van der Waals surface area contributed by atoms with Crippen LogP contribution in [0.4, 0.5) is 0 Å². The monoisotopic (exact) mass is 375 g/mol. The summed E-state index contributed by atoms with van der Waals surface area (Å²) < 4.78 is 33.4. The van der Waals surface area contributed by atoms with Gasteiger partial charge in [0.25, 0.3) is 5.89 Å². The zero-order chi connectivity index (χ0) is 17.3. The molecule has 25 heavy (non-hydrogen) atoms. The molecule has 1 unspecified atom stereocenters. The molecule has 1 fully saturated rings. The molecule has 1 aliphatic rings. The smallest absolute Gasteiger partial charge is 0.257 e. The highest BCUT2D eigenvalue weighted by Crippen LogP contribution is 2.36. The van der Waals surface area contributed by atoms with E-state index >= 15 is 0 Å². The van der Waals surface area contributed by atoms with E-state index in [0.717, 1.165) is 17.7 Å². The van der Waals surface area contributed by atoms with Crippen molar-refractivity contribution in [3.05, 3.63) is 53.7 Å². The van der Waals surface area contributed by atoms with Gasteiger partial charge >= 0.3 is 0 Å². The number of aromatic nitrogens is 2. The minimum absolute atomic E-state index is 0.292. The van der Waals surface area contributed by atoms with Crippen molar-refractivity contribution in [3.8, 4) is 10.8 Å². The Hall–Kier alpha value is -2.03. The van der Waals surface area contributed by atoms with Gasteiger partial charge in [0.05, 0.1) is 9.77 Å². The standard InChI is InChI=1S/C17H17N3O3S2/c21-25(22,13-7-2-1-3-8-13)20-11-5-4-9-14(20)16-18-19-17(23-16)15-10-6-12-24-15/h1-3,6-8,10,12,14H,4-5,9,11H2. The van der Waals surface area contributed by atoms with E-state index < -0.39 is 16.1 Å². The van der Waals surface area contributed by atoms with Gasteiger partial charge in [-0.1, -0.05) is 30.7 Å². The lowest BCUT2D eigenvalue weighted by atomic mass is 10.1. The first-order valence-electron chi connectivity index (χ1n) is 8.10. The summed E-state index contributed by atoms with van der Waals surface area (Å²) in [5.74, 6) is 0.801. The van der Waals surface area contributed by atoms with Crippen molar-refractivity contribution < 1.29 is 12.8 Å². The summed E-state index contributed by atoms with van der Waals surface area (Å²) in [6, 6.07) is 11.9. The van der Waals surface area contributed by atoms with Gasteiger partial charge in [0.1, 0.15) is 6.04 Å². The summed E-state index contributed by atoms with van der Waals surface area (Å²) in [7, 11) is -3.60. The summed E-state index contributed by atoms with van der Waals surface area (Å²) in [5.41, 5.74) is 0. The Morgan fingerprint density at radius 2 is 1.92 bits per heavy atom. The predicted molar refractivity (Wildman–Crippen MR) is 94.5 cm³/mol. The second-order valence-electron chi connectivity index (χ2n) is 5.86. The van der Waals surface area contributed by atoms with E-state index in [1.54, 1.807) is 30.3 Å². The summed E-state index contributed by atoms with van der Waals surface area (Å²) in [6.45, 7) is 0.457. The number of rotatable bonds is 4. The fraction of sp³-hybridized carbons (Fsp3) is 0.294. The molecule has 130 valence electrons. The van der Waals surface area contributed by atoms with Gasteiger partial charge < -0.3 is 4.42 Å². The number of benzene rings is 1. The largest absolute Gasteiger partial charge is 0.418 e. The third-order valence-corrected chi connectivity index (χ3v) is 7.04. The molecule has 0 aliphatic carbocycles. The molecular formula is C17H17N3O3S2. The van der Waals surface area contributed by atoms with Crippen molar-refractivity contribution in [3.63, 3.8) is 0 Å². The number of thiophene rings is 1. The van der Waals surface area contributed by atoms with Gasteiger partial charge in [-0.25, -0.2) is 8.42 Å². The molecular weight excluding hydrogens is 358 g/mol. The second-order valence-corrected chi connectivity index (χ2v) is 8.70. The maximum absolute atomic E-state index is 13.0. The van der Waals surface area contributed by atoms with Crippen LogP contribution in [0.15, 0.2) is 57.2 Å². The molecule has 1 saturated heterocycles. The third-order valence-electron chi connectivity index (χ3n) is 4.26. The number of sulfonamides is 1. The lowest BCUT2D eigenvalue weighted by Gasteiger charge is -2.32. The predicted octanol–water partition coefficient (Wildman–Crippen LogP) is 3.71. The average molecular weight is 375 g/mol. The molecule has 8 heteroatoms. The summed E-state index contributed by atoms with van der Waals surface area (Å²) >= 11 is 1.51. The van der Waals surface area contributed by atoms with Gasteiger partial charge in [0.2, 0.25) is 15.9 Å². The lowest BCUT2D eigenvalue weighted by Crippen LogP contribution is -2.38. The van der Waals surface area contributed by atoms with Crippen LogP contribution in [0.5, 0.6) is 0 Å². The number of nitrogens with zero attached hydrogens (tertiary/aromatic N) is 3. The molecule has 0 saturated carbocycles. The summed E-state index contributed by atoms with van der Waals surface area (Å²) in [4.78, 5) is 1.17. The van der Waals surface area contributed by atoms with Crippen LogP contribution in [0.2, 0.25) is 0 Å². The molecule has 0 amide bonds. The minimum Gasteiger partial charge on any atom is -0.418 e. The van der Waals surface area contributed by atoms with E-state index in [1.165, 1.54) is 15.6 Å². The van der Waals surface area contributed by atoms with Gasteiger partial charge in [0, 0.05) is 6.54 Å². The highest BCUT2D eigenvalue weighted by molar-refractivity contribution is 7.89. The van der Waals surface area contributed by atoms with Crippen molar-refractivity contribution in [2.45, 2.75) is 30.2 Å². The first-order chi connectivity index (χ1) is 12.2. The minimum atomic E-state index is -3.60. The van der Waals surface area contributed by atoms with Crippen LogP contribution in [-0.4, -0.2) is 29.5 Å². The first-order valence-corrected chi connectivity index (χ1v) is 10.4. The molecule has 0 N–H and O–H groups in total. The molecule has 3 aromatic rings. The molecule has 3 heterocycles. The quantitative estimate of drug-likeness (QED) is 0.695. The van der Waals surface area contributed by atoms with Crippen LogP contribution in [0, 0.1) is 0 Å². The maximum Gasteiger partial charge on any atom is 0.257 e. The Balaban J connectivity index is 1.68. The lowest BCUT2D eigenvalue weighted by molar-refractivity contribution is 0.220. The van der Waals surface area contributed by atoms with Crippen LogP contribution in [-0.2, 0) is 10.0 Å². The zero-order valence-electron chi connectivity index (χ0n) is 13.4. The molecule has 1 aromatic carbocycles. The molecule has 4 rings (SSSR count). The highest BCUT2D eigenvalue weighted by atomic mass is 32.2. The van der Waals surface area contributed by atoms with Gasteiger partial charge in [0.15, 0.2) is 0 Å². The first kappa shape index (κ1) is 16.4. The zero-order valence-corrected chi connectivity index (χ0v) is 15.0. The molecule has 0 spiro atoms. The molecule has 0 bridgehead atoms. The van der Waals surface area contributed by atoms with Crippen LogP contribution >= 0.6 is 11.3 Å². The van der Waals surface area contributed by atoms with Gasteiger partial charge in [-0.2, -0.15) is 4.31 Å². The fourth-order valence-corrected chi connectivity index (χ4v) is 5.35. The van der Waals surface area contributed by atoms with E-state index in [1.807, 2.05) is 17.5 Å². The van der Waals surface area contributed by atoms with Gasteiger partial charge in [-0.05, 0) is 36.4 Å². The number of piperidine rings is 1. The molecule has 1 atom stereocenters. The Bertz CT molecular complexity index is 937. The summed E-state index contributed by atoms with van der Waals surface area (Å²) in [5, 5.41) is 10.2. The van der Waals surface area contributed by atoms with E-state index in [9.17, 15) is 8.42 Å². The molecule has 6 nitrogen and oxygen atoms in total. The number of hydrogen-bond donors (Lipinski definition) is 0. The van der Waals surface area contributed by atoms with Crippen molar-refractivity contribution in [1.82, 2.24) is 14.5 Å². The summed E-state index contributed by atoms with van der Waals surface area (Å²) in [6.07, 6.45) is 2.44. The Labute approximate surface area is 150 Å². The Morgan fingerprint density at radius 3 is 2.68 bits per heavy atom.